The molecule has 35 heavy (non-hydrogen) atoms. The van der Waals surface area contributed by atoms with Crippen molar-refractivity contribution in [2.24, 2.45) is 5.92 Å². The fraction of sp³-hybridized carbons (Fsp3) is 0.429. The number of hydrogen-bond acceptors (Lipinski definition) is 6. The number of hydrogen-bond donors (Lipinski definition) is 1. The molecule has 0 aliphatic carbocycles. The zero-order valence-corrected chi connectivity index (χ0v) is 21.0. The number of benzene rings is 2. The molecule has 2 heterocycles. The quantitative estimate of drug-likeness (QED) is 0.476. The smallest absolute Gasteiger partial charge is 0.290 e. The Balaban J connectivity index is 1.85. The average molecular weight is 480 g/mol. The van der Waals surface area contributed by atoms with Crippen molar-refractivity contribution in [2.75, 3.05) is 26.9 Å². The molecule has 7 heteroatoms. The van der Waals surface area contributed by atoms with E-state index < -0.39 is 6.04 Å². The van der Waals surface area contributed by atoms with Crippen molar-refractivity contribution in [3.8, 4) is 11.5 Å². The number of methoxy groups -OCH3 is 1. The van der Waals surface area contributed by atoms with Crippen molar-refractivity contribution in [3.63, 3.8) is 0 Å². The first kappa shape index (κ1) is 24.8. The Bertz CT molecular complexity index is 1310. The highest BCUT2D eigenvalue weighted by atomic mass is 16.5. The molecule has 1 aliphatic heterocycles. The molecular formula is C28H33NO6. The Morgan fingerprint density at radius 3 is 2.57 bits per heavy atom. The predicted molar refractivity (Wildman–Crippen MR) is 134 cm³/mol. The van der Waals surface area contributed by atoms with E-state index >= 15 is 0 Å². The summed E-state index contributed by atoms with van der Waals surface area (Å²) in [5.74, 6) is 1.37. The fourth-order valence-corrected chi connectivity index (χ4v) is 4.67. The summed E-state index contributed by atoms with van der Waals surface area (Å²) in [7, 11) is 1.57. The van der Waals surface area contributed by atoms with Crippen LogP contribution in [0.2, 0.25) is 0 Å². The van der Waals surface area contributed by atoms with E-state index in [1.54, 1.807) is 18.1 Å². The number of amides is 1. The highest BCUT2D eigenvalue weighted by molar-refractivity contribution is 5.99. The molecule has 1 unspecified atom stereocenters. The summed E-state index contributed by atoms with van der Waals surface area (Å²) in [6.45, 7) is 8.85. The van der Waals surface area contributed by atoms with Crippen LogP contribution in [0.4, 0.5) is 0 Å². The van der Waals surface area contributed by atoms with Gasteiger partial charge in [-0.05, 0) is 67.5 Å². The van der Waals surface area contributed by atoms with E-state index in [9.17, 15) is 14.7 Å². The normalized spacial score (nSPS) is 15.2. The predicted octanol–water partition coefficient (Wildman–Crippen LogP) is 4.77. The molecule has 1 aromatic heterocycles. The van der Waals surface area contributed by atoms with E-state index in [2.05, 4.69) is 13.8 Å². The minimum atomic E-state index is -0.649. The first-order valence-electron chi connectivity index (χ1n) is 12.1. The fourth-order valence-electron chi connectivity index (χ4n) is 4.67. The third-order valence-corrected chi connectivity index (χ3v) is 6.41. The minimum absolute atomic E-state index is 0.0635. The highest BCUT2D eigenvalue weighted by Crippen LogP contribution is 2.41. The molecule has 0 bridgehead atoms. The molecule has 1 atom stereocenters. The Morgan fingerprint density at radius 1 is 1.11 bits per heavy atom. The van der Waals surface area contributed by atoms with E-state index in [0.29, 0.717) is 47.0 Å². The monoisotopic (exact) mass is 479 g/mol. The molecule has 0 fully saturated rings. The summed E-state index contributed by atoms with van der Waals surface area (Å²) in [6, 6.07) is 8.58. The van der Waals surface area contributed by atoms with Crippen LogP contribution in [-0.4, -0.2) is 42.8 Å². The van der Waals surface area contributed by atoms with Gasteiger partial charge in [0, 0.05) is 13.2 Å². The topological polar surface area (TPSA) is 89.2 Å². The van der Waals surface area contributed by atoms with Gasteiger partial charge in [0.1, 0.15) is 5.58 Å². The highest BCUT2D eigenvalue weighted by Gasteiger charge is 2.42. The lowest BCUT2D eigenvalue weighted by Gasteiger charge is -2.25. The third kappa shape index (κ3) is 4.65. The molecule has 0 radical (unpaired) electrons. The van der Waals surface area contributed by atoms with Gasteiger partial charge in [-0.1, -0.05) is 26.0 Å². The molecule has 0 spiro atoms. The summed E-state index contributed by atoms with van der Waals surface area (Å²) in [4.78, 5) is 28.8. The molecule has 2 aromatic carbocycles. The van der Waals surface area contributed by atoms with E-state index in [4.69, 9.17) is 13.9 Å². The van der Waals surface area contributed by atoms with Gasteiger partial charge in [0.05, 0.1) is 30.7 Å². The van der Waals surface area contributed by atoms with Gasteiger partial charge in [-0.15, -0.1) is 0 Å². The zero-order chi connectivity index (χ0) is 25.3. The number of nitrogens with zero attached hydrogens (tertiary/aromatic N) is 1. The van der Waals surface area contributed by atoms with Crippen LogP contribution in [0.3, 0.4) is 0 Å². The molecular weight excluding hydrogens is 446 g/mol. The summed E-state index contributed by atoms with van der Waals surface area (Å²) in [5.41, 5.74) is 3.02. The van der Waals surface area contributed by atoms with Gasteiger partial charge in [-0.25, -0.2) is 0 Å². The Hall–Kier alpha value is -3.32. The molecule has 0 saturated carbocycles. The molecule has 186 valence electrons. The molecule has 4 rings (SSSR count). The zero-order valence-electron chi connectivity index (χ0n) is 21.0. The van der Waals surface area contributed by atoms with Crippen LogP contribution >= 0.6 is 0 Å². The van der Waals surface area contributed by atoms with Crippen LogP contribution in [-0.2, 0) is 0 Å². The third-order valence-electron chi connectivity index (χ3n) is 6.41. The maximum atomic E-state index is 13.8. The van der Waals surface area contributed by atoms with Crippen molar-refractivity contribution in [3.05, 3.63) is 68.6 Å². The van der Waals surface area contributed by atoms with Gasteiger partial charge in [-0.2, -0.15) is 0 Å². The number of ether oxygens (including phenoxy) is 2. The second-order valence-electron chi connectivity index (χ2n) is 9.55. The molecule has 1 aliphatic rings. The second kappa shape index (κ2) is 10.1. The first-order valence-corrected chi connectivity index (χ1v) is 12.1. The number of aliphatic hydroxyl groups is 1. The van der Waals surface area contributed by atoms with Crippen LogP contribution in [0.15, 0.2) is 39.5 Å². The van der Waals surface area contributed by atoms with Gasteiger partial charge < -0.3 is 23.9 Å². The van der Waals surface area contributed by atoms with Crippen LogP contribution in [0, 0.1) is 19.8 Å². The molecule has 0 saturated heterocycles. The Morgan fingerprint density at radius 2 is 1.89 bits per heavy atom. The maximum Gasteiger partial charge on any atom is 0.290 e. The van der Waals surface area contributed by atoms with E-state index in [1.807, 2.05) is 38.1 Å². The molecule has 1 N–H and O–H groups in total. The lowest BCUT2D eigenvalue weighted by Crippen LogP contribution is -2.31. The van der Waals surface area contributed by atoms with Crippen LogP contribution in [0.1, 0.15) is 65.5 Å². The Labute approximate surface area is 205 Å². The van der Waals surface area contributed by atoms with Gasteiger partial charge in [0.25, 0.3) is 5.91 Å². The number of carbonyl (C=O) groups is 1. The number of carbonyl (C=O) groups excluding carboxylic acids is 1. The van der Waals surface area contributed by atoms with Crippen LogP contribution < -0.4 is 14.9 Å². The minimum Gasteiger partial charge on any atom is -0.493 e. The summed E-state index contributed by atoms with van der Waals surface area (Å²) in [5, 5.41) is 9.90. The molecule has 1 amide bonds. The van der Waals surface area contributed by atoms with E-state index in [0.717, 1.165) is 23.1 Å². The Kier molecular flexibility index (Phi) is 7.17. The van der Waals surface area contributed by atoms with Crippen molar-refractivity contribution >= 4 is 16.9 Å². The molecule has 3 aromatic rings. The van der Waals surface area contributed by atoms with Gasteiger partial charge in [-0.3, -0.25) is 9.59 Å². The first-order chi connectivity index (χ1) is 16.8. The van der Waals surface area contributed by atoms with E-state index in [-0.39, 0.29) is 30.2 Å². The summed E-state index contributed by atoms with van der Waals surface area (Å²) < 4.78 is 17.6. The number of rotatable bonds is 9. The van der Waals surface area contributed by atoms with Crippen LogP contribution in [0.5, 0.6) is 11.5 Å². The van der Waals surface area contributed by atoms with Gasteiger partial charge >= 0.3 is 0 Å². The number of aryl methyl sites for hydroxylation is 2. The summed E-state index contributed by atoms with van der Waals surface area (Å²) in [6.07, 6.45) is 1.30. The van der Waals surface area contributed by atoms with Crippen molar-refractivity contribution in [1.29, 1.82) is 0 Å². The summed E-state index contributed by atoms with van der Waals surface area (Å²) >= 11 is 0. The molecule has 7 nitrogen and oxygen atoms in total. The standard InChI is InChI=1S/C28H33NO6/c1-16(2)9-12-34-21-8-7-19(15-22(21)33-5)24-23-25(31)20-14-17(3)13-18(4)26(20)35-27(23)28(32)29(24)10-6-11-30/h7-8,13-16,24,30H,6,9-12H2,1-5H3. The average Bonchev–Trinajstić information content (AvgIpc) is 3.10. The van der Waals surface area contributed by atoms with Crippen molar-refractivity contribution < 1.29 is 23.8 Å². The SMILES string of the molecule is COc1cc(C2c3c(oc4c(C)cc(C)cc4c3=O)C(=O)N2CCCO)ccc1OCCC(C)C. The van der Waals surface area contributed by atoms with Crippen molar-refractivity contribution in [2.45, 2.75) is 46.6 Å². The van der Waals surface area contributed by atoms with Gasteiger partial charge in [0.2, 0.25) is 5.76 Å². The largest absolute Gasteiger partial charge is 0.493 e. The van der Waals surface area contributed by atoms with E-state index in [1.165, 1.54) is 0 Å². The lowest BCUT2D eigenvalue weighted by atomic mass is 9.97. The van der Waals surface area contributed by atoms with Gasteiger partial charge in [0.15, 0.2) is 16.9 Å². The second-order valence-corrected chi connectivity index (χ2v) is 9.55. The maximum absolute atomic E-state index is 13.8. The van der Waals surface area contributed by atoms with Crippen LogP contribution in [0.25, 0.3) is 11.0 Å². The number of aliphatic hydroxyl groups excluding tert-OH is 1. The lowest BCUT2D eigenvalue weighted by molar-refractivity contribution is 0.0716. The number of fused-ring (bicyclic) bond motifs is 2. The van der Waals surface area contributed by atoms with Crippen molar-refractivity contribution in [1.82, 2.24) is 4.90 Å².